The van der Waals surface area contributed by atoms with Crippen LogP contribution in [0.4, 0.5) is 0 Å². The second kappa shape index (κ2) is 5.99. The highest BCUT2D eigenvalue weighted by Crippen LogP contribution is 2.34. The number of halogens is 2. The third-order valence-electron chi connectivity index (χ3n) is 2.93. The molecule has 3 aromatic rings. The topological polar surface area (TPSA) is 43.6 Å². The summed E-state index contributed by atoms with van der Waals surface area (Å²) in [5, 5.41) is 0. The molecule has 1 aromatic carbocycles. The summed E-state index contributed by atoms with van der Waals surface area (Å²) < 4.78 is 9.19. The highest BCUT2D eigenvalue weighted by molar-refractivity contribution is 9.11. The summed E-state index contributed by atoms with van der Waals surface area (Å²) in [5.41, 5.74) is 2.29. The van der Waals surface area contributed by atoms with Gasteiger partial charge in [0.05, 0.1) is 14.6 Å². The number of hydrogen-bond acceptors (Lipinski definition) is 3. The van der Waals surface area contributed by atoms with Crippen LogP contribution in [0.25, 0.3) is 5.65 Å². The van der Waals surface area contributed by atoms with Crippen LogP contribution in [0.2, 0.25) is 0 Å². The Morgan fingerprint density at radius 1 is 1.24 bits per heavy atom. The molecule has 0 atom stereocenters. The first-order valence-corrected chi connectivity index (χ1v) is 7.75. The largest absolute Gasteiger partial charge is 0.485 e. The molecule has 0 aliphatic heterocycles. The van der Waals surface area contributed by atoms with Gasteiger partial charge < -0.3 is 9.14 Å². The lowest BCUT2D eigenvalue weighted by Gasteiger charge is -2.09. The number of ether oxygens (including phenoxy) is 1. The number of nitrogens with zero attached hydrogens (tertiary/aromatic N) is 2. The summed E-state index contributed by atoms with van der Waals surface area (Å²) in [4.78, 5) is 15.3. The predicted molar refractivity (Wildman–Crippen MR) is 86.8 cm³/mol. The number of aromatic nitrogens is 2. The van der Waals surface area contributed by atoms with Crippen LogP contribution in [0.1, 0.15) is 16.1 Å². The minimum atomic E-state index is 0.347. The average Bonchev–Trinajstić information content (AvgIpc) is 2.88. The number of carbonyl (C=O) groups is 1. The van der Waals surface area contributed by atoms with Gasteiger partial charge in [-0.15, -0.1) is 0 Å². The molecule has 6 heteroatoms. The lowest BCUT2D eigenvalue weighted by Crippen LogP contribution is -1.98. The van der Waals surface area contributed by atoms with E-state index in [9.17, 15) is 4.79 Å². The maximum absolute atomic E-state index is 10.8. The molecule has 106 valence electrons. The molecule has 2 heterocycles. The summed E-state index contributed by atoms with van der Waals surface area (Å²) in [7, 11) is 0. The van der Waals surface area contributed by atoms with Gasteiger partial charge in [0.25, 0.3) is 0 Å². The summed E-state index contributed by atoms with van der Waals surface area (Å²) in [5.74, 6) is 0.651. The first kappa shape index (κ1) is 14.3. The number of aldehydes is 1. The number of imidazole rings is 1. The van der Waals surface area contributed by atoms with Crippen molar-refractivity contribution in [1.29, 1.82) is 0 Å². The molecule has 0 aliphatic carbocycles. The van der Waals surface area contributed by atoms with Crippen molar-refractivity contribution in [3.63, 3.8) is 0 Å². The molecule has 0 bridgehead atoms. The van der Waals surface area contributed by atoms with Crippen molar-refractivity contribution in [2.75, 3.05) is 0 Å². The smallest absolute Gasteiger partial charge is 0.150 e. The van der Waals surface area contributed by atoms with E-state index >= 15 is 0 Å². The standard InChI is InChI=1S/C15H10Br2N2O2/c16-12-5-10(8-20)6-13(17)15(12)21-9-11-7-19-4-2-1-3-14(19)18-11/h1-8H,9H2. The molecule has 0 N–H and O–H groups in total. The van der Waals surface area contributed by atoms with E-state index in [1.165, 1.54) is 0 Å². The number of hydrogen-bond donors (Lipinski definition) is 0. The van der Waals surface area contributed by atoms with Gasteiger partial charge in [-0.05, 0) is 56.1 Å². The summed E-state index contributed by atoms with van der Waals surface area (Å²) in [6.45, 7) is 0.347. The number of carbonyl (C=O) groups excluding carboxylic acids is 1. The maximum Gasteiger partial charge on any atom is 0.150 e. The van der Waals surface area contributed by atoms with Gasteiger partial charge in [0.15, 0.2) is 0 Å². The third kappa shape index (κ3) is 3.01. The zero-order chi connectivity index (χ0) is 14.8. The molecule has 2 aromatic heterocycles. The van der Waals surface area contributed by atoms with Gasteiger partial charge >= 0.3 is 0 Å². The summed E-state index contributed by atoms with van der Waals surface area (Å²) >= 11 is 6.81. The van der Waals surface area contributed by atoms with Gasteiger partial charge in [0.1, 0.15) is 24.3 Å². The Labute approximate surface area is 138 Å². The molecular formula is C15H10Br2N2O2. The van der Waals surface area contributed by atoms with Crippen LogP contribution in [0.15, 0.2) is 51.7 Å². The lowest BCUT2D eigenvalue weighted by molar-refractivity contribution is 0.112. The van der Waals surface area contributed by atoms with Gasteiger partial charge in [-0.1, -0.05) is 6.07 Å². The number of pyridine rings is 1. The van der Waals surface area contributed by atoms with Gasteiger partial charge in [-0.2, -0.15) is 0 Å². The maximum atomic E-state index is 10.8. The Morgan fingerprint density at radius 3 is 2.67 bits per heavy atom. The first-order valence-electron chi connectivity index (χ1n) is 6.17. The Kier molecular flexibility index (Phi) is 4.07. The first-order chi connectivity index (χ1) is 10.2. The minimum Gasteiger partial charge on any atom is -0.485 e. The van der Waals surface area contributed by atoms with Crippen LogP contribution < -0.4 is 4.74 Å². The fraction of sp³-hybridized carbons (Fsp3) is 0.0667. The van der Waals surface area contributed by atoms with Gasteiger partial charge in [0.2, 0.25) is 0 Å². The highest BCUT2D eigenvalue weighted by Gasteiger charge is 2.10. The van der Waals surface area contributed by atoms with Crippen molar-refractivity contribution in [3.05, 3.63) is 62.9 Å². The molecule has 0 spiro atoms. The van der Waals surface area contributed by atoms with E-state index in [1.54, 1.807) is 12.1 Å². The van der Waals surface area contributed by atoms with E-state index in [2.05, 4.69) is 36.8 Å². The lowest BCUT2D eigenvalue weighted by atomic mass is 10.2. The summed E-state index contributed by atoms with van der Waals surface area (Å²) in [6.07, 6.45) is 4.66. The highest BCUT2D eigenvalue weighted by atomic mass is 79.9. The van der Waals surface area contributed by atoms with Crippen LogP contribution in [0.3, 0.4) is 0 Å². The Hall–Kier alpha value is -1.66. The van der Waals surface area contributed by atoms with Crippen molar-refractivity contribution >= 4 is 43.8 Å². The third-order valence-corrected chi connectivity index (χ3v) is 4.11. The molecule has 4 nitrogen and oxygen atoms in total. The van der Waals surface area contributed by atoms with Crippen molar-refractivity contribution in [3.8, 4) is 5.75 Å². The minimum absolute atomic E-state index is 0.347. The van der Waals surface area contributed by atoms with E-state index in [0.29, 0.717) is 17.9 Å². The number of fused-ring (bicyclic) bond motifs is 1. The number of benzene rings is 1. The van der Waals surface area contributed by atoms with Crippen LogP contribution in [-0.4, -0.2) is 15.7 Å². The zero-order valence-corrected chi connectivity index (χ0v) is 14.0. The van der Waals surface area contributed by atoms with Crippen molar-refractivity contribution in [1.82, 2.24) is 9.38 Å². The predicted octanol–water partition coefficient (Wildman–Crippen LogP) is 4.25. The molecule has 0 saturated carbocycles. The molecule has 0 saturated heterocycles. The van der Waals surface area contributed by atoms with E-state index in [4.69, 9.17) is 4.74 Å². The van der Waals surface area contributed by atoms with Crippen molar-refractivity contribution in [2.24, 2.45) is 0 Å². The van der Waals surface area contributed by atoms with Crippen molar-refractivity contribution < 1.29 is 9.53 Å². The molecule has 0 fully saturated rings. The fourth-order valence-corrected chi connectivity index (χ4v) is 3.44. The normalized spacial score (nSPS) is 10.8. The fourth-order valence-electron chi connectivity index (χ4n) is 1.99. The Morgan fingerprint density at radius 2 is 2.00 bits per heavy atom. The molecule has 21 heavy (non-hydrogen) atoms. The zero-order valence-electron chi connectivity index (χ0n) is 10.8. The second-order valence-corrected chi connectivity index (χ2v) is 6.13. The number of rotatable bonds is 4. The molecule has 0 amide bonds. The molecule has 0 unspecified atom stereocenters. The Balaban J connectivity index is 1.82. The van der Waals surface area contributed by atoms with Gasteiger partial charge in [-0.3, -0.25) is 4.79 Å². The van der Waals surface area contributed by atoms with Crippen molar-refractivity contribution in [2.45, 2.75) is 6.61 Å². The molecule has 3 rings (SSSR count). The van der Waals surface area contributed by atoms with Crippen LogP contribution in [0.5, 0.6) is 5.75 Å². The van der Waals surface area contributed by atoms with Crippen LogP contribution >= 0.6 is 31.9 Å². The monoisotopic (exact) mass is 408 g/mol. The van der Waals surface area contributed by atoms with E-state index < -0.39 is 0 Å². The average molecular weight is 410 g/mol. The van der Waals surface area contributed by atoms with Gasteiger partial charge in [0, 0.05) is 18.0 Å². The molecule has 0 radical (unpaired) electrons. The Bertz CT molecular complexity index is 758. The van der Waals surface area contributed by atoms with Crippen LogP contribution in [0, 0.1) is 0 Å². The SMILES string of the molecule is O=Cc1cc(Br)c(OCc2cn3ccccc3n2)c(Br)c1. The quantitative estimate of drug-likeness (QED) is 0.605. The summed E-state index contributed by atoms with van der Waals surface area (Å²) in [6, 6.07) is 9.27. The second-order valence-electron chi connectivity index (χ2n) is 4.42. The molecule has 0 aliphatic rings. The molecular weight excluding hydrogens is 400 g/mol. The van der Waals surface area contributed by atoms with E-state index in [-0.39, 0.29) is 0 Å². The van der Waals surface area contributed by atoms with Gasteiger partial charge in [-0.25, -0.2) is 4.98 Å². The van der Waals surface area contributed by atoms with E-state index in [0.717, 1.165) is 26.6 Å². The van der Waals surface area contributed by atoms with E-state index in [1.807, 2.05) is 35.0 Å². The van der Waals surface area contributed by atoms with Crippen LogP contribution in [-0.2, 0) is 6.61 Å².